The number of carbonyl (C=O) groups is 1. The van der Waals surface area contributed by atoms with E-state index >= 15 is 0 Å². The lowest BCUT2D eigenvalue weighted by molar-refractivity contribution is -0.114. The predicted octanol–water partition coefficient (Wildman–Crippen LogP) is 4.66. The van der Waals surface area contributed by atoms with E-state index in [2.05, 4.69) is 4.99 Å². The zero-order valence-corrected chi connectivity index (χ0v) is 20.2. The number of carbonyl (C=O) groups excluding carboxylic acids is 1. The first-order valence-electron chi connectivity index (χ1n) is 10.8. The standard InChI is InChI=1S/C25H24ClN3O6/c1-15-10-22-28-25(30)19(24(27)29(22)35-15)11-16-12-20(26)23(21(13-16)32-3)34-9-5-8-33-18-7-4-6-17(14-18)31-2/h4,6-7,10-14,27H,5,8-9H2,1-3H3/b19-11+,27-24?. The number of hydroxylamine groups is 2. The van der Waals surface area contributed by atoms with Crippen LogP contribution < -0.4 is 18.9 Å². The Morgan fingerprint density at radius 3 is 2.66 bits per heavy atom. The largest absolute Gasteiger partial charge is 0.497 e. The van der Waals surface area contributed by atoms with Crippen molar-refractivity contribution in [1.82, 2.24) is 5.06 Å². The Balaban J connectivity index is 1.41. The van der Waals surface area contributed by atoms with Gasteiger partial charge in [0.1, 0.15) is 17.3 Å². The summed E-state index contributed by atoms with van der Waals surface area (Å²) in [6.45, 7) is 2.51. The molecule has 2 aliphatic rings. The van der Waals surface area contributed by atoms with Gasteiger partial charge in [-0.3, -0.25) is 10.2 Å². The summed E-state index contributed by atoms with van der Waals surface area (Å²) in [5.41, 5.74) is 0.620. The molecule has 0 unspecified atom stereocenters. The van der Waals surface area contributed by atoms with Crippen molar-refractivity contribution < 1.29 is 28.6 Å². The van der Waals surface area contributed by atoms with E-state index in [0.717, 1.165) is 5.75 Å². The number of ether oxygens (including phenoxy) is 4. The third-order valence-corrected chi connectivity index (χ3v) is 5.37. The van der Waals surface area contributed by atoms with Crippen LogP contribution in [0.2, 0.25) is 5.02 Å². The van der Waals surface area contributed by atoms with Crippen molar-refractivity contribution in [3.05, 3.63) is 64.4 Å². The highest BCUT2D eigenvalue weighted by Crippen LogP contribution is 2.37. The van der Waals surface area contributed by atoms with Crippen LogP contribution in [0.5, 0.6) is 23.0 Å². The van der Waals surface area contributed by atoms with Gasteiger partial charge in [-0.2, -0.15) is 4.99 Å². The molecule has 10 heteroatoms. The van der Waals surface area contributed by atoms with Crippen LogP contribution in [-0.4, -0.2) is 50.1 Å². The minimum absolute atomic E-state index is 0.0679. The molecular weight excluding hydrogens is 474 g/mol. The van der Waals surface area contributed by atoms with Crippen molar-refractivity contribution in [3.8, 4) is 23.0 Å². The molecule has 2 aromatic carbocycles. The summed E-state index contributed by atoms with van der Waals surface area (Å²) < 4.78 is 22.2. The molecule has 0 aliphatic carbocycles. The van der Waals surface area contributed by atoms with Crippen molar-refractivity contribution in [2.45, 2.75) is 13.3 Å². The Morgan fingerprint density at radius 1 is 1.11 bits per heavy atom. The summed E-state index contributed by atoms with van der Waals surface area (Å²) >= 11 is 6.47. The average molecular weight is 498 g/mol. The van der Waals surface area contributed by atoms with Gasteiger partial charge < -0.3 is 23.8 Å². The molecule has 4 rings (SSSR count). The number of hydrogen-bond donors (Lipinski definition) is 1. The smallest absolute Gasteiger partial charge is 0.282 e. The first-order chi connectivity index (χ1) is 16.9. The first-order valence-corrected chi connectivity index (χ1v) is 11.1. The van der Waals surface area contributed by atoms with E-state index in [0.29, 0.717) is 53.2 Å². The summed E-state index contributed by atoms with van der Waals surface area (Å²) in [7, 11) is 3.10. The van der Waals surface area contributed by atoms with Gasteiger partial charge in [-0.25, -0.2) is 0 Å². The maximum atomic E-state index is 12.5. The molecule has 35 heavy (non-hydrogen) atoms. The number of fused-ring (bicyclic) bond motifs is 1. The molecule has 0 saturated carbocycles. The number of allylic oxidation sites excluding steroid dienone is 1. The SMILES string of the molecule is COc1cccc(OCCCOc2c(Cl)cc(/C=C3\C(=N)N4OC(C)=CC4=NC3=O)cc2OC)c1. The van der Waals surface area contributed by atoms with Gasteiger partial charge in [0, 0.05) is 18.6 Å². The van der Waals surface area contributed by atoms with Crippen LogP contribution in [0.4, 0.5) is 0 Å². The second-order valence-corrected chi connectivity index (χ2v) is 7.99. The highest BCUT2D eigenvalue weighted by molar-refractivity contribution is 6.33. The number of aliphatic imine (C=N–C) groups is 1. The van der Waals surface area contributed by atoms with Crippen LogP contribution in [0.25, 0.3) is 6.08 Å². The third kappa shape index (κ3) is 5.41. The normalized spacial score (nSPS) is 15.9. The Hall–Kier alpha value is -3.98. The molecule has 0 saturated heterocycles. The van der Waals surface area contributed by atoms with Gasteiger partial charge in [0.25, 0.3) is 5.91 Å². The van der Waals surface area contributed by atoms with Crippen molar-refractivity contribution in [3.63, 3.8) is 0 Å². The molecule has 2 aromatic rings. The summed E-state index contributed by atoms with van der Waals surface area (Å²) in [4.78, 5) is 21.9. The van der Waals surface area contributed by atoms with Gasteiger partial charge in [0.2, 0.25) is 0 Å². The summed E-state index contributed by atoms with van der Waals surface area (Å²) in [6, 6.07) is 10.7. The number of amides is 1. The van der Waals surface area contributed by atoms with E-state index in [4.69, 9.17) is 40.8 Å². The van der Waals surface area contributed by atoms with Crippen LogP contribution in [-0.2, 0) is 9.63 Å². The molecule has 9 nitrogen and oxygen atoms in total. The first kappa shape index (κ1) is 24.2. The highest BCUT2D eigenvalue weighted by Gasteiger charge is 2.34. The lowest BCUT2D eigenvalue weighted by Gasteiger charge is -2.23. The molecule has 1 amide bonds. The Bertz CT molecular complexity index is 1250. The van der Waals surface area contributed by atoms with Crippen molar-refractivity contribution in [2.75, 3.05) is 27.4 Å². The van der Waals surface area contributed by atoms with Crippen LogP contribution in [0.15, 0.2) is 58.8 Å². The van der Waals surface area contributed by atoms with E-state index in [1.807, 2.05) is 24.3 Å². The zero-order chi connectivity index (χ0) is 24.9. The fourth-order valence-corrected chi connectivity index (χ4v) is 3.72. The number of benzene rings is 2. The monoisotopic (exact) mass is 497 g/mol. The van der Waals surface area contributed by atoms with Crippen molar-refractivity contribution >= 4 is 35.3 Å². The van der Waals surface area contributed by atoms with Gasteiger partial charge in [0.15, 0.2) is 23.2 Å². The lowest BCUT2D eigenvalue weighted by Crippen LogP contribution is -2.38. The number of nitrogens with zero attached hydrogens (tertiary/aromatic N) is 2. The highest BCUT2D eigenvalue weighted by atomic mass is 35.5. The molecule has 0 aromatic heterocycles. The summed E-state index contributed by atoms with van der Waals surface area (Å²) in [5.74, 6) is 2.39. The molecule has 0 atom stereocenters. The van der Waals surface area contributed by atoms with E-state index in [9.17, 15) is 4.79 Å². The van der Waals surface area contributed by atoms with Gasteiger partial charge in [-0.15, -0.1) is 5.06 Å². The average Bonchev–Trinajstić information content (AvgIpc) is 3.22. The van der Waals surface area contributed by atoms with Crippen LogP contribution in [0.1, 0.15) is 18.9 Å². The second-order valence-electron chi connectivity index (χ2n) is 7.59. The van der Waals surface area contributed by atoms with Crippen LogP contribution >= 0.6 is 11.6 Å². The Labute approximate surface area is 207 Å². The predicted molar refractivity (Wildman–Crippen MR) is 131 cm³/mol. The number of methoxy groups -OCH3 is 2. The lowest BCUT2D eigenvalue weighted by atomic mass is 10.1. The molecule has 2 heterocycles. The molecule has 0 fully saturated rings. The van der Waals surface area contributed by atoms with E-state index in [1.165, 1.54) is 18.2 Å². The molecule has 0 radical (unpaired) electrons. The van der Waals surface area contributed by atoms with Gasteiger partial charge in [0.05, 0.1) is 38.0 Å². The summed E-state index contributed by atoms with van der Waals surface area (Å²) in [6.07, 6.45) is 3.72. The van der Waals surface area contributed by atoms with Gasteiger partial charge >= 0.3 is 0 Å². The minimum Gasteiger partial charge on any atom is -0.497 e. The third-order valence-electron chi connectivity index (χ3n) is 5.09. The molecule has 0 bridgehead atoms. The number of halogens is 1. The maximum absolute atomic E-state index is 12.5. The molecule has 2 aliphatic heterocycles. The Kier molecular flexibility index (Phi) is 7.26. The number of hydrogen-bond acceptors (Lipinski definition) is 7. The fourth-order valence-electron chi connectivity index (χ4n) is 3.44. The van der Waals surface area contributed by atoms with E-state index in [-0.39, 0.29) is 17.2 Å². The zero-order valence-electron chi connectivity index (χ0n) is 19.5. The van der Waals surface area contributed by atoms with Crippen molar-refractivity contribution in [2.24, 2.45) is 4.99 Å². The number of amidine groups is 2. The Morgan fingerprint density at radius 2 is 1.89 bits per heavy atom. The van der Waals surface area contributed by atoms with Gasteiger partial charge in [-0.1, -0.05) is 17.7 Å². The minimum atomic E-state index is -0.540. The molecular formula is C25H24ClN3O6. The fraction of sp³-hybridized carbons (Fsp3) is 0.240. The second kappa shape index (κ2) is 10.5. The molecule has 182 valence electrons. The van der Waals surface area contributed by atoms with Crippen LogP contribution in [0, 0.1) is 5.41 Å². The number of nitrogens with one attached hydrogen (secondary N) is 1. The topological polar surface area (TPSA) is 103 Å². The number of rotatable bonds is 9. The summed E-state index contributed by atoms with van der Waals surface area (Å²) in [5, 5.41) is 9.85. The van der Waals surface area contributed by atoms with E-state index in [1.54, 1.807) is 32.2 Å². The molecule has 0 spiro atoms. The van der Waals surface area contributed by atoms with Crippen molar-refractivity contribution in [1.29, 1.82) is 5.41 Å². The van der Waals surface area contributed by atoms with Gasteiger partial charge in [-0.05, 0) is 42.8 Å². The van der Waals surface area contributed by atoms with Crippen LogP contribution in [0.3, 0.4) is 0 Å². The maximum Gasteiger partial charge on any atom is 0.282 e. The van der Waals surface area contributed by atoms with E-state index < -0.39 is 5.91 Å². The quantitative estimate of drug-likeness (QED) is 0.397. The molecule has 1 N–H and O–H groups in total.